The van der Waals surface area contributed by atoms with E-state index in [0.717, 1.165) is 40.7 Å². The van der Waals surface area contributed by atoms with Crippen LogP contribution >= 0.6 is 0 Å². The van der Waals surface area contributed by atoms with Gasteiger partial charge in [0.2, 0.25) is 0 Å². The lowest BCUT2D eigenvalue weighted by molar-refractivity contribution is -0.152. The van der Waals surface area contributed by atoms with Gasteiger partial charge in [-0.2, -0.15) is 0 Å². The summed E-state index contributed by atoms with van der Waals surface area (Å²) in [5.74, 6) is -0.659. The van der Waals surface area contributed by atoms with Crippen molar-refractivity contribution in [3.8, 4) is 0 Å². The fourth-order valence-corrected chi connectivity index (χ4v) is 6.52. The lowest BCUT2D eigenvalue weighted by Crippen LogP contribution is -2.28. The van der Waals surface area contributed by atoms with E-state index in [9.17, 15) is 35.1 Å². The highest BCUT2D eigenvalue weighted by Gasteiger charge is 2.26. The molecule has 1 aliphatic rings. The summed E-state index contributed by atoms with van der Waals surface area (Å²) in [6, 6.07) is 0. The van der Waals surface area contributed by atoms with Gasteiger partial charge in [0.15, 0.2) is 0 Å². The van der Waals surface area contributed by atoms with E-state index in [1.54, 1.807) is 26.0 Å². The Morgan fingerprint density at radius 3 is 2.19 bits per heavy atom. The van der Waals surface area contributed by atoms with E-state index in [1.807, 2.05) is 65.0 Å². The summed E-state index contributed by atoms with van der Waals surface area (Å²) >= 11 is 0. The van der Waals surface area contributed by atoms with Crippen LogP contribution in [0.25, 0.3) is 0 Å². The van der Waals surface area contributed by atoms with Gasteiger partial charge < -0.3 is 35.0 Å². The van der Waals surface area contributed by atoms with Crippen molar-refractivity contribution in [1.82, 2.24) is 0 Å². The summed E-state index contributed by atoms with van der Waals surface area (Å²) in [6.07, 6.45) is 15.5. The second-order valence-corrected chi connectivity index (χ2v) is 15.6. The van der Waals surface area contributed by atoms with Gasteiger partial charge in [-0.15, -0.1) is 0 Å². The predicted molar refractivity (Wildman–Crippen MR) is 213 cm³/mol. The highest BCUT2D eigenvalue weighted by atomic mass is 16.5. The summed E-state index contributed by atoms with van der Waals surface area (Å²) in [6.45, 7) is 19.1. The minimum absolute atomic E-state index is 0.0587. The molecule has 0 saturated heterocycles. The smallest absolute Gasteiger partial charge is 0.331 e. The first-order valence-corrected chi connectivity index (χ1v) is 19.3. The first-order chi connectivity index (χ1) is 24.8. The number of allylic oxidation sites excluding steroid dienone is 10. The summed E-state index contributed by atoms with van der Waals surface area (Å²) < 4.78 is 11.9. The predicted octanol–water partition coefficient (Wildman–Crippen LogP) is 7.54. The second-order valence-electron chi connectivity index (χ2n) is 15.6. The standard InChI is InChI=1S/C44H70O9/c1-28(13-11-14-29(2)25-39(48)40(49)27-37(10)46)21-30(3)18-20-44(51)52-41-15-12-16-43(50)53-42(19-17-31(4)22-34(41)7)35(8)24-32(5)23-33(6)38(47)26-36(9)45/h11,13-14,17-18,20-21,23,25,33-42,45-49H,12,15-16,19,22,24,26-27H2,1-10H3/b14-11+,20-18+,28-13+,29-25+,30-21-,31-17+,32-23+/t33-,34+,35+,36-,37+,38-,39+,40+,41?,42-/m1/s1. The molecule has 1 rings (SSSR count). The molecule has 0 spiro atoms. The molecular formula is C44H70O9. The van der Waals surface area contributed by atoms with Crippen molar-refractivity contribution < 1.29 is 44.6 Å². The first-order valence-electron chi connectivity index (χ1n) is 19.3. The number of ether oxygens (including phenoxy) is 2. The van der Waals surface area contributed by atoms with Crippen molar-refractivity contribution in [1.29, 1.82) is 0 Å². The third-order valence-electron chi connectivity index (χ3n) is 9.48. The van der Waals surface area contributed by atoms with Crippen molar-refractivity contribution in [3.05, 3.63) is 82.5 Å². The van der Waals surface area contributed by atoms with Crippen molar-refractivity contribution in [2.24, 2.45) is 17.8 Å². The molecule has 0 fully saturated rings. The Bertz CT molecular complexity index is 1350. The fourth-order valence-electron chi connectivity index (χ4n) is 6.52. The molecule has 0 aliphatic carbocycles. The van der Waals surface area contributed by atoms with Gasteiger partial charge in [0.05, 0.1) is 30.5 Å². The van der Waals surface area contributed by atoms with Crippen molar-refractivity contribution in [2.75, 3.05) is 0 Å². The van der Waals surface area contributed by atoms with Crippen molar-refractivity contribution >= 4 is 11.9 Å². The lowest BCUT2D eigenvalue weighted by Gasteiger charge is -2.27. The Balaban J connectivity index is 2.86. The van der Waals surface area contributed by atoms with Crippen LogP contribution in [0.3, 0.4) is 0 Å². The van der Waals surface area contributed by atoms with Gasteiger partial charge in [0.25, 0.3) is 0 Å². The van der Waals surface area contributed by atoms with Crippen LogP contribution in [0, 0.1) is 17.8 Å². The van der Waals surface area contributed by atoms with Crippen LogP contribution < -0.4 is 0 Å². The normalized spacial score (nSPS) is 25.7. The van der Waals surface area contributed by atoms with Gasteiger partial charge in [0, 0.05) is 31.3 Å². The molecule has 300 valence electrons. The maximum Gasteiger partial charge on any atom is 0.331 e. The van der Waals surface area contributed by atoms with Crippen LogP contribution in [-0.2, 0) is 19.1 Å². The van der Waals surface area contributed by atoms with Gasteiger partial charge in [-0.3, -0.25) is 4.79 Å². The summed E-state index contributed by atoms with van der Waals surface area (Å²) in [7, 11) is 0. The number of hydrogen-bond acceptors (Lipinski definition) is 9. The zero-order valence-electron chi connectivity index (χ0n) is 34.0. The maximum absolute atomic E-state index is 12.9. The molecular weight excluding hydrogens is 672 g/mol. The molecule has 0 saturated carbocycles. The van der Waals surface area contributed by atoms with Crippen LogP contribution in [0.1, 0.15) is 121 Å². The SMILES string of the molecule is CC(=C/C(C)=C/C=C/C(C)=C/[C@H](O)[C@@H](O)C[C@H](C)O)/C=C/C(=O)OC1CCCC(=O)O[C@@H]([C@@H](C)C/C(C)=C/[C@@H](C)[C@H](O)C[C@@H](C)O)C/C=C(\C)C[C@@H]1C. The van der Waals surface area contributed by atoms with E-state index in [-0.39, 0.29) is 48.8 Å². The van der Waals surface area contributed by atoms with E-state index in [4.69, 9.17) is 9.47 Å². The molecule has 0 radical (unpaired) electrons. The number of esters is 2. The Hall–Kier alpha value is -3.08. The molecule has 9 nitrogen and oxygen atoms in total. The monoisotopic (exact) mass is 743 g/mol. The Kier molecular flexibility index (Phi) is 22.7. The number of aliphatic hydroxyl groups excluding tert-OH is 5. The molecule has 10 atom stereocenters. The van der Waals surface area contributed by atoms with Gasteiger partial charge in [-0.05, 0) is 92.4 Å². The average molecular weight is 743 g/mol. The molecule has 0 aromatic carbocycles. The topological polar surface area (TPSA) is 154 Å². The van der Waals surface area contributed by atoms with Crippen LogP contribution in [0.4, 0.5) is 0 Å². The van der Waals surface area contributed by atoms with E-state index < -0.39 is 36.5 Å². The number of rotatable bonds is 17. The molecule has 0 aromatic rings. The third kappa shape index (κ3) is 21.4. The summed E-state index contributed by atoms with van der Waals surface area (Å²) in [4.78, 5) is 25.9. The van der Waals surface area contributed by atoms with Gasteiger partial charge >= 0.3 is 11.9 Å². The minimum Gasteiger partial charge on any atom is -0.462 e. The largest absolute Gasteiger partial charge is 0.462 e. The number of aliphatic hydroxyl groups is 5. The molecule has 5 N–H and O–H groups in total. The summed E-state index contributed by atoms with van der Waals surface area (Å²) in [5, 5.41) is 49.4. The molecule has 53 heavy (non-hydrogen) atoms. The number of carbonyl (C=O) groups excluding carboxylic acids is 2. The van der Waals surface area contributed by atoms with Crippen molar-refractivity contribution in [3.63, 3.8) is 0 Å². The fraction of sp³-hybridized carbons (Fsp3) is 0.636. The quantitative estimate of drug-likeness (QED) is 0.0440. The van der Waals surface area contributed by atoms with Crippen LogP contribution in [0.15, 0.2) is 82.5 Å². The van der Waals surface area contributed by atoms with E-state index in [0.29, 0.717) is 25.7 Å². The Labute approximate surface area is 319 Å². The third-order valence-corrected chi connectivity index (χ3v) is 9.48. The number of cyclic esters (lactones) is 1. The average Bonchev–Trinajstić information content (AvgIpc) is 3.03. The molecule has 0 bridgehead atoms. The zero-order chi connectivity index (χ0) is 40.2. The van der Waals surface area contributed by atoms with Gasteiger partial charge in [-0.25, -0.2) is 4.79 Å². The second kappa shape index (κ2) is 25.1. The summed E-state index contributed by atoms with van der Waals surface area (Å²) in [5.41, 5.74) is 4.84. The number of hydrogen-bond donors (Lipinski definition) is 5. The van der Waals surface area contributed by atoms with Gasteiger partial charge in [-0.1, -0.05) is 97.2 Å². The number of carbonyl (C=O) groups is 2. The molecule has 0 amide bonds. The maximum atomic E-state index is 12.9. The van der Waals surface area contributed by atoms with Crippen LogP contribution in [0.5, 0.6) is 0 Å². The highest BCUT2D eigenvalue weighted by Crippen LogP contribution is 2.27. The van der Waals surface area contributed by atoms with E-state index in [1.165, 1.54) is 6.08 Å². The molecule has 9 heteroatoms. The molecule has 1 unspecified atom stereocenters. The molecule has 1 aliphatic heterocycles. The van der Waals surface area contributed by atoms with Crippen molar-refractivity contribution in [2.45, 2.75) is 163 Å². The van der Waals surface area contributed by atoms with Crippen LogP contribution in [0.2, 0.25) is 0 Å². The zero-order valence-corrected chi connectivity index (χ0v) is 34.0. The van der Waals surface area contributed by atoms with E-state index in [2.05, 4.69) is 26.8 Å². The lowest BCUT2D eigenvalue weighted by atomic mass is 9.89. The van der Waals surface area contributed by atoms with Crippen LogP contribution in [-0.4, -0.2) is 80.2 Å². The Morgan fingerprint density at radius 2 is 1.55 bits per heavy atom. The minimum atomic E-state index is -1.07. The molecule has 1 heterocycles. The molecule has 0 aromatic heterocycles. The first kappa shape index (κ1) is 47.9. The highest BCUT2D eigenvalue weighted by molar-refractivity contribution is 5.82. The Morgan fingerprint density at radius 1 is 0.906 bits per heavy atom. The van der Waals surface area contributed by atoms with E-state index >= 15 is 0 Å². The van der Waals surface area contributed by atoms with Gasteiger partial charge in [0.1, 0.15) is 12.2 Å².